The van der Waals surface area contributed by atoms with Gasteiger partial charge >= 0.3 is 0 Å². The van der Waals surface area contributed by atoms with E-state index in [1.165, 1.54) is 0 Å². The van der Waals surface area contributed by atoms with Crippen LogP contribution in [0.2, 0.25) is 0 Å². The van der Waals surface area contributed by atoms with Crippen LogP contribution in [0.15, 0.2) is 22.6 Å². The number of nitrogens with zero attached hydrogens (tertiary/aromatic N) is 2. The van der Waals surface area contributed by atoms with Gasteiger partial charge in [0.15, 0.2) is 0 Å². The van der Waals surface area contributed by atoms with E-state index in [1.54, 1.807) is 6.08 Å². The summed E-state index contributed by atoms with van der Waals surface area (Å²) in [7, 11) is 0. The molecule has 0 N–H and O–H groups in total. The van der Waals surface area contributed by atoms with Gasteiger partial charge in [0.05, 0.1) is 0 Å². The fourth-order valence-electron chi connectivity index (χ4n) is 0.341. The van der Waals surface area contributed by atoms with Crippen molar-refractivity contribution in [2.45, 2.75) is 6.92 Å². The molecule has 0 fully saturated rings. The van der Waals surface area contributed by atoms with E-state index in [1.807, 2.05) is 6.92 Å². The molecule has 8 heavy (non-hydrogen) atoms. The Hall–Kier alpha value is -0.920. The number of rotatable bonds is 2. The molecule has 0 saturated heterocycles. The molecule has 44 valence electrons. The third-order valence-electron chi connectivity index (χ3n) is 0.665. The Bertz CT molecular complexity index is 104. The first-order valence-corrected chi connectivity index (χ1v) is 2.48. The zero-order chi connectivity index (χ0) is 6.41. The van der Waals surface area contributed by atoms with Gasteiger partial charge in [-0.05, 0) is 19.7 Å². The van der Waals surface area contributed by atoms with E-state index in [0.29, 0.717) is 5.84 Å². The number of aliphatic imine (C=N–C) groups is 2. The molecule has 0 aromatic heterocycles. The Morgan fingerprint density at radius 1 is 1.75 bits per heavy atom. The van der Waals surface area contributed by atoms with E-state index in [4.69, 9.17) is 0 Å². The van der Waals surface area contributed by atoms with Gasteiger partial charge in [-0.3, -0.25) is 4.99 Å². The summed E-state index contributed by atoms with van der Waals surface area (Å²) in [6.45, 7) is 9.46. The van der Waals surface area contributed by atoms with Crippen LogP contribution in [0.25, 0.3) is 0 Å². The molecular weight excluding hydrogens is 100 g/mol. The summed E-state index contributed by atoms with van der Waals surface area (Å²) in [5.41, 5.74) is 0. The molecule has 0 aliphatic rings. The second-order valence-electron chi connectivity index (χ2n) is 1.19. The minimum absolute atomic E-state index is 0.618. The van der Waals surface area contributed by atoms with Crippen molar-refractivity contribution < 1.29 is 0 Å². The predicted octanol–water partition coefficient (Wildman–Crippen LogP) is 1.29. The van der Waals surface area contributed by atoms with E-state index in [0.717, 1.165) is 6.54 Å². The molecule has 0 amide bonds. The highest BCUT2D eigenvalue weighted by molar-refractivity contribution is 5.95. The molecule has 0 heterocycles. The second-order valence-corrected chi connectivity index (χ2v) is 1.19. The average molecular weight is 110 g/mol. The van der Waals surface area contributed by atoms with Crippen molar-refractivity contribution >= 4 is 12.6 Å². The Labute approximate surface area is 49.7 Å². The van der Waals surface area contributed by atoms with Gasteiger partial charge in [0.2, 0.25) is 0 Å². The van der Waals surface area contributed by atoms with E-state index in [2.05, 4.69) is 23.3 Å². The molecular formula is C6H10N2. The molecule has 2 heteroatoms. The highest BCUT2D eigenvalue weighted by Crippen LogP contribution is 1.79. The molecule has 0 aliphatic heterocycles. The van der Waals surface area contributed by atoms with Crippen LogP contribution in [-0.2, 0) is 0 Å². The largest absolute Gasteiger partial charge is 0.267 e. The average Bonchev–Trinajstić information content (AvgIpc) is 1.83. The van der Waals surface area contributed by atoms with E-state index in [9.17, 15) is 0 Å². The standard InChI is InChI=1S/C6H10N2/c1-4-6(7-3)8-5-2/h4H,1,3,5H2,2H3/b8-6-. The summed E-state index contributed by atoms with van der Waals surface area (Å²) in [5.74, 6) is 0.618. The molecule has 0 atom stereocenters. The van der Waals surface area contributed by atoms with Gasteiger partial charge in [0, 0.05) is 6.54 Å². The Morgan fingerprint density at radius 2 is 2.38 bits per heavy atom. The summed E-state index contributed by atoms with van der Waals surface area (Å²) in [4.78, 5) is 7.51. The van der Waals surface area contributed by atoms with Crippen LogP contribution in [0.1, 0.15) is 6.92 Å². The van der Waals surface area contributed by atoms with Crippen LogP contribution in [0, 0.1) is 0 Å². The normalized spacial score (nSPS) is 10.9. The van der Waals surface area contributed by atoms with Crippen LogP contribution in [-0.4, -0.2) is 19.1 Å². The zero-order valence-electron chi connectivity index (χ0n) is 5.09. The number of amidine groups is 1. The van der Waals surface area contributed by atoms with Gasteiger partial charge in [-0.1, -0.05) is 6.58 Å². The lowest BCUT2D eigenvalue weighted by Gasteiger charge is -1.85. The minimum atomic E-state index is 0.618. The highest BCUT2D eigenvalue weighted by atomic mass is 14.9. The van der Waals surface area contributed by atoms with E-state index < -0.39 is 0 Å². The summed E-state index contributed by atoms with van der Waals surface area (Å²) in [6.07, 6.45) is 1.58. The Morgan fingerprint density at radius 3 is 2.50 bits per heavy atom. The fourth-order valence-corrected chi connectivity index (χ4v) is 0.341. The van der Waals surface area contributed by atoms with Crippen LogP contribution in [0.5, 0.6) is 0 Å². The fraction of sp³-hybridized carbons (Fsp3) is 0.333. The highest BCUT2D eigenvalue weighted by Gasteiger charge is 1.78. The van der Waals surface area contributed by atoms with Gasteiger partial charge in [0.1, 0.15) is 5.84 Å². The third-order valence-corrected chi connectivity index (χ3v) is 0.665. The van der Waals surface area contributed by atoms with Gasteiger partial charge < -0.3 is 0 Å². The lowest BCUT2D eigenvalue weighted by atomic mass is 10.6. The van der Waals surface area contributed by atoms with Crippen LogP contribution in [0.3, 0.4) is 0 Å². The Kier molecular flexibility index (Phi) is 3.76. The Balaban J connectivity index is 3.85. The predicted molar refractivity (Wildman–Crippen MR) is 37.7 cm³/mol. The lowest BCUT2D eigenvalue weighted by molar-refractivity contribution is 1.13. The first-order valence-electron chi connectivity index (χ1n) is 2.48. The zero-order valence-corrected chi connectivity index (χ0v) is 5.09. The monoisotopic (exact) mass is 110 g/mol. The summed E-state index contributed by atoms with van der Waals surface area (Å²) in [6, 6.07) is 0. The molecule has 0 aromatic carbocycles. The van der Waals surface area contributed by atoms with Crippen molar-refractivity contribution in [2.24, 2.45) is 9.98 Å². The third kappa shape index (κ3) is 2.29. The molecule has 2 nitrogen and oxygen atoms in total. The van der Waals surface area contributed by atoms with Crippen molar-refractivity contribution in [1.82, 2.24) is 0 Å². The van der Waals surface area contributed by atoms with Gasteiger partial charge in [-0.25, -0.2) is 4.99 Å². The van der Waals surface area contributed by atoms with Crippen molar-refractivity contribution in [3.63, 3.8) is 0 Å². The number of hydrogen-bond acceptors (Lipinski definition) is 1. The van der Waals surface area contributed by atoms with Gasteiger partial charge in [0.25, 0.3) is 0 Å². The molecule has 0 bridgehead atoms. The smallest absolute Gasteiger partial charge is 0.145 e. The van der Waals surface area contributed by atoms with Gasteiger partial charge in [-0.15, -0.1) is 0 Å². The minimum Gasteiger partial charge on any atom is -0.267 e. The summed E-state index contributed by atoms with van der Waals surface area (Å²) < 4.78 is 0. The maximum absolute atomic E-state index is 3.93. The quantitative estimate of drug-likeness (QED) is 0.378. The van der Waals surface area contributed by atoms with Crippen LogP contribution < -0.4 is 0 Å². The van der Waals surface area contributed by atoms with Crippen molar-refractivity contribution in [3.05, 3.63) is 12.7 Å². The SMILES string of the molecule is C=C/C(N=C)=N/CC. The second kappa shape index (κ2) is 4.24. The molecule has 0 spiro atoms. The molecule has 0 radical (unpaired) electrons. The summed E-state index contributed by atoms with van der Waals surface area (Å²) >= 11 is 0. The molecule has 0 aromatic rings. The van der Waals surface area contributed by atoms with Crippen molar-refractivity contribution in [2.75, 3.05) is 6.54 Å². The van der Waals surface area contributed by atoms with Crippen LogP contribution >= 0.6 is 0 Å². The topological polar surface area (TPSA) is 24.7 Å². The molecule has 0 rings (SSSR count). The first-order chi connectivity index (χ1) is 3.85. The van der Waals surface area contributed by atoms with Gasteiger partial charge in [-0.2, -0.15) is 0 Å². The maximum atomic E-state index is 3.93. The van der Waals surface area contributed by atoms with Crippen molar-refractivity contribution in [3.8, 4) is 0 Å². The molecule has 0 aliphatic carbocycles. The maximum Gasteiger partial charge on any atom is 0.145 e. The molecule has 0 unspecified atom stereocenters. The first kappa shape index (κ1) is 7.08. The van der Waals surface area contributed by atoms with Crippen LogP contribution in [0.4, 0.5) is 0 Å². The number of hydrogen-bond donors (Lipinski definition) is 0. The van der Waals surface area contributed by atoms with E-state index in [-0.39, 0.29) is 0 Å². The summed E-state index contributed by atoms with van der Waals surface area (Å²) in [5, 5.41) is 0. The molecule has 0 saturated carbocycles. The van der Waals surface area contributed by atoms with E-state index >= 15 is 0 Å². The van der Waals surface area contributed by atoms with Crippen molar-refractivity contribution in [1.29, 1.82) is 0 Å². The lowest BCUT2D eigenvalue weighted by Crippen LogP contribution is -1.85.